The molecule has 0 aromatic carbocycles. The van der Waals surface area contributed by atoms with Gasteiger partial charge in [0.2, 0.25) is 0 Å². The van der Waals surface area contributed by atoms with E-state index >= 15 is 0 Å². The fraction of sp³-hybridized carbons (Fsp3) is 1.00. The van der Waals surface area contributed by atoms with Gasteiger partial charge in [0.05, 0.1) is 12.1 Å². The van der Waals surface area contributed by atoms with Gasteiger partial charge in [-0.3, -0.25) is 9.80 Å². The molecule has 0 spiro atoms. The smallest absolute Gasteiger partial charge is 0.0590 e. The van der Waals surface area contributed by atoms with Crippen molar-refractivity contribution in [3.05, 3.63) is 0 Å². The first-order valence-electron chi connectivity index (χ1n) is 8.39. The minimum Gasteiger partial charge on any atom is -0.383 e. The lowest BCUT2D eigenvalue weighted by Gasteiger charge is -2.50. The van der Waals surface area contributed by atoms with Gasteiger partial charge in [-0.2, -0.15) is 0 Å². The first-order valence-corrected chi connectivity index (χ1v) is 8.39. The second-order valence-electron chi connectivity index (χ2n) is 6.55. The lowest BCUT2D eigenvalue weighted by molar-refractivity contribution is -0.00548. The SMILES string of the molecule is CCC(C)N(CCOC)C1(CN)CCN2CCCCC21. The minimum absolute atomic E-state index is 0.175. The van der Waals surface area contributed by atoms with Crippen molar-refractivity contribution in [3.63, 3.8) is 0 Å². The molecule has 2 heterocycles. The molecule has 0 radical (unpaired) electrons. The number of nitrogens with two attached hydrogens (primary N) is 1. The number of hydrogen-bond donors (Lipinski definition) is 1. The Morgan fingerprint density at radius 1 is 1.40 bits per heavy atom. The molecule has 2 fully saturated rings. The third-order valence-corrected chi connectivity index (χ3v) is 5.65. The predicted molar refractivity (Wildman–Crippen MR) is 83.9 cm³/mol. The van der Waals surface area contributed by atoms with Gasteiger partial charge < -0.3 is 10.5 Å². The molecule has 0 aromatic heterocycles. The number of fused-ring (bicyclic) bond motifs is 1. The van der Waals surface area contributed by atoms with Crippen LogP contribution in [0.15, 0.2) is 0 Å². The molecule has 2 rings (SSSR count). The summed E-state index contributed by atoms with van der Waals surface area (Å²) in [6.07, 6.45) is 6.44. The van der Waals surface area contributed by atoms with Crippen molar-refractivity contribution in [1.82, 2.24) is 9.80 Å². The third kappa shape index (κ3) is 2.89. The Kier molecular flexibility index (Phi) is 5.84. The fourth-order valence-corrected chi connectivity index (χ4v) is 4.35. The number of ether oxygens (including phenoxy) is 1. The van der Waals surface area contributed by atoms with Crippen LogP contribution in [0.3, 0.4) is 0 Å². The monoisotopic (exact) mass is 283 g/mol. The van der Waals surface area contributed by atoms with Crippen LogP contribution in [0.1, 0.15) is 46.0 Å². The van der Waals surface area contributed by atoms with Gasteiger partial charge in [-0.1, -0.05) is 13.3 Å². The van der Waals surface area contributed by atoms with Gasteiger partial charge in [-0.25, -0.2) is 0 Å². The van der Waals surface area contributed by atoms with E-state index in [2.05, 4.69) is 23.6 Å². The molecule has 3 atom stereocenters. The zero-order valence-corrected chi connectivity index (χ0v) is 13.6. The molecule has 2 N–H and O–H groups in total. The van der Waals surface area contributed by atoms with Crippen LogP contribution in [0.4, 0.5) is 0 Å². The van der Waals surface area contributed by atoms with Crippen LogP contribution in [-0.2, 0) is 4.74 Å². The average molecular weight is 283 g/mol. The lowest BCUT2D eigenvalue weighted by atomic mass is 9.82. The number of hydrogen-bond acceptors (Lipinski definition) is 4. The van der Waals surface area contributed by atoms with E-state index in [1.165, 1.54) is 45.2 Å². The van der Waals surface area contributed by atoms with Crippen LogP contribution in [0.25, 0.3) is 0 Å². The highest BCUT2D eigenvalue weighted by Crippen LogP contribution is 2.40. The van der Waals surface area contributed by atoms with Gasteiger partial charge in [0.25, 0.3) is 0 Å². The maximum Gasteiger partial charge on any atom is 0.0590 e. The Labute approximate surface area is 124 Å². The van der Waals surface area contributed by atoms with Crippen molar-refractivity contribution in [2.75, 3.05) is 39.9 Å². The van der Waals surface area contributed by atoms with E-state index in [0.717, 1.165) is 19.7 Å². The summed E-state index contributed by atoms with van der Waals surface area (Å²) in [5.41, 5.74) is 6.51. The van der Waals surface area contributed by atoms with Crippen LogP contribution in [0.2, 0.25) is 0 Å². The highest BCUT2D eigenvalue weighted by molar-refractivity contribution is 5.09. The van der Waals surface area contributed by atoms with Crippen molar-refractivity contribution in [2.45, 2.75) is 63.6 Å². The highest BCUT2D eigenvalue weighted by atomic mass is 16.5. The molecule has 3 unspecified atom stereocenters. The summed E-state index contributed by atoms with van der Waals surface area (Å²) in [6.45, 7) is 9.71. The van der Waals surface area contributed by atoms with Crippen molar-refractivity contribution < 1.29 is 4.74 Å². The van der Waals surface area contributed by atoms with E-state index in [-0.39, 0.29) is 5.54 Å². The zero-order chi connectivity index (χ0) is 14.6. The molecule has 2 aliphatic rings. The van der Waals surface area contributed by atoms with Gasteiger partial charge >= 0.3 is 0 Å². The first-order chi connectivity index (χ1) is 9.69. The van der Waals surface area contributed by atoms with Crippen molar-refractivity contribution in [3.8, 4) is 0 Å². The fourth-order valence-electron chi connectivity index (χ4n) is 4.35. The van der Waals surface area contributed by atoms with Crippen LogP contribution in [0.5, 0.6) is 0 Å². The topological polar surface area (TPSA) is 41.7 Å². The third-order valence-electron chi connectivity index (χ3n) is 5.65. The van der Waals surface area contributed by atoms with Gasteiger partial charge in [0, 0.05) is 38.8 Å². The maximum absolute atomic E-state index is 6.33. The quantitative estimate of drug-likeness (QED) is 0.772. The van der Waals surface area contributed by atoms with Crippen molar-refractivity contribution >= 4 is 0 Å². The van der Waals surface area contributed by atoms with E-state index in [9.17, 15) is 0 Å². The van der Waals surface area contributed by atoms with Crippen LogP contribution < -0.4 is 5.73 Å². The second-order valence-corrected chi connectivity index (χ2v) is 6.55. The van der Waals surface area contributed by atoms with E-state index in [4.69, 9.17) is 10.5 Å². The predicted octanol–water partition coefficient (Wildman–Crippen LogP) is 1.69. The van der Waals surface area contributed by atoms with E-state index in [0.29, 0.717) is 12.1 Å². The van der Waals surface area contributed by atoms with E-state index < -0.39 is 0 Å². The first kappa shape index (κ1) is 16.2. The molecule has 0 saturated carbocycles. The Morgan fingerprint density at radius 2 is 2.20 bits per heavy atom. The van der Waals surface area contributed by atoms with Gasteiger partial charge in [0.1, 0.15) is 0 Å². The van der Waals surface area contributed by atoms with Crippen LogP contribution in [-0.4, -0.2) is 67.3 Å². The normalized spacial score (nSPS) is 32.5. The molecule has 0 amide bonds. The van der Waals surface area contributed by atoms with Gasteiger partial charge in [-0.15, -0.1) is 0 Å². The molecule has 0 bridgehead atoms. The lowest BCUT2D eigenvalue weighted by Crippen LogP contribution is -2.64. The van der Waals surface area contributed by atoms with Crippen LogP contribution in [0, 0.1) is 0 Å². The second kappa shape index (κ2) is 7.21. The number of nitrogens with zero attached hydrogens (tertiary/aromatic N) is 2. The van der Waals surface area contributed by atoms with Gasteiger partial charge in [0.15, 0.2) is 0 Å². The summed E-state index contributed by atoms with van der Waals surface area (Å²) in [5.74, 6) is 0. The average Bonchev–Trinajstić information content (AvgIpc) is 2.87. The molecule has 118 valence electrons. The summed E-state index contributed by atoms with van der Waals surface area (Å²) in [6, 6.07) is 1.24. The molecule has 0 aromatic rings. The number of rotatable bonds is 7. The van der Waals surface area contributed by atoms with Crippen LogP contribution >= 0.6 is 0 Å². The highest BCUT2D eigenvalue weighted by Gasteiger charge is 2.51. The summed E-state index contributed by atoms with van der Waals surface area (Å²) >= 11 is 0. The van der Waals surface area contributed by atoms with Crippen molar-refractivity contribution in [1.29, 1.82) is 0 Å². The standard InChI is InChI=1S/C16H33N3O/c1-4-14(2)19(11-12-20-3)16(13-17)8-10-18-9-6-5-7-15(16)18/h14-15H,4-13,17H2,1-3H3. The largest absolute Gasteiger partial charge is 0.383 e. The molecular weight excluding hydrogens is 250 g/mol. The molecule has 0 aliphatic carbocycles. The molecule has 20 heavy (non-hydrogen) atoms. The Bertz CT molecular complexity index is 299. The van der Waals surface area contributed by atoms with Gasteiger partial charge in [-0.05, 0) is 39.2 Å². The Morgan fingerprint density at radius 3 is 2.85 bits per heavy atom. The van der Waals surface area contributed by atoms with E-state index in [1.54, 1.807) is 7.11 Å². The Hall–Kier alpha value is -0.160. The summed E-state index contributed by atoms with van der Waals surface area (Å²) < 4.78 is 5.36. The summed E-state index contributed by atoms with van der Waals surface area (Å²) in [5, 5.41) is 0. The number of methoxy groups -OCH3 is 1. The molecule has 4 nitrogen and oxygen atoms in total. The minimum atomic E-state index is 0.175. The summed E-state index contributed by atoms with van der Waals surface area (Å²) in [7, 11) is 1.80. The zero-order valence-electron chi connectivity index (χ0n) is 13.6. The molecular formula is C16H33N3O. The Balaban J connectivity index is 2.21. The molecule has 2 saturated heterocycles. The maximum atomic E-state index is 6.33. The molecule has 4 heteroatoms. The van der Waals surface area contributed by atoms with E-state index in [1.807, 2.05) is 0 Å². The van der Waals surface area contributed by atoms with Crippen molar-refractivity contribution in [2.24, 2.45) is 5.73 Å². The number of piperidine rings is 1. The molecule has 2 aliphatic heterocycles. The summed E-state index contributed by atoms with van der Waals surface area (Å²) in [4.78, 5) is 5.37.